The molecular formula is C19H25N3O4. The molecule has 2 aromatic rings. The van der Waals surface area contributed by atoms with E-state index >= 15 is 0 Å². The minimum Gasteiger partial charge on any atom is -0.494 e. The van der Waals surface area contributed by atoms with Crippen LogP contribution in [0.3, 0.4) is 0 Å². The molecule has 0 unspecified atom stereocenters. The lowest BCUT2D eigenvalue weighted by Crippen LogP contribution is -2.36. The molecule has 0 aliphatic rings. The van der Waals surface area contributed by atoms with Crippen LogP contribution < -0.4 is 15.4 Å². The van der Waals surface area contributed by atoms with Crippen molar-refractivity contribution in [2.24, 2.45) is 4.99 Å². The normalized spacial score (nSPS) is 11.2. The van der Waals surface area contributed by atoms with Crippen LogP contribution >= 0.6 is 0 Å². The second-order valence-corrected chi connectivity index (χ2v) is 5.49. The Hall–Kier alpha value is -2.96. The third-order valence-corrected chi connectivity index (χ3v) is 3.75. The predicted octanol–water partition coefficient (Wildman–Crippen LogP) is 2.64. The van der Waals surface area contributed by atoms with Gasteiger partial charge >= 0.3 is 5.97 Å². The molecule has 140 valence electrons. The van der Waals surface area contributed by atoms with Crippen LogP contribution in [0.25, 0.3) is 0 Å². The zero-order valence-corrected chi connectivity index (χ0v) is 15.6. The molecule has 0 fully saturated rings. The third-order valence-electron chi connectivity index (χ3n) is 3.75. The van der Waals surface area contributed by atoms with E-state index in [0.29, 0.717) is 42.7 Å². The van der Waals surface area contributed by atoms with Crippen LogP contribution in [0.5, 0.6) is 5.75 Å². The van der Waals surface area contributed by atoms with E-state index in [1.54, 1.807) is 20.0 Å². The average Bonchev–Trinajstić information content (AvgIpc) is 3.03. The van der Waals surface area contributed by atoms with E-state index in [-0.39, 0.29) is 0 Å². The summed E-state index contributed by atoms with van der Waals surface area (Å²) in [4.78, 5) is 15.8. The summed E-state index contributed by atoms with van der Waals surface area (Å²) in [7, 11) is 3.04. The second kappa shape index (κ2) is 9.50. The summed E-state index contributed by atoms with van der Waals surface area (Å²) in [5.41, 5.74) is 1.47. The second-order valence-electron chi connectivity index (χ2n) is 5.49. The Balaban J connectivity index is 1.94. The van der Waals surface area contributed by atoms with Crippen LogP contribution in [0.4, 0.5) is 0 Å². The molecule has 0 saturated carbocycles. The molecule has 0 aliphatic carbocycles. The fraction of sp³-hybridized carbons (Fsp3) is 0.368. The number of aryl methyl sites for hydroxylation is 1. The van der Waals surface area contributed by atoms with Crippen LogP contribution in [-0.4, -0.2) is 32.7 Å². The van der Waals surface area contributed by atoms with Gasteiger partial charge < -0.3 is 24.5 Å². The molecule has 7 nitrogen and oxygen atoms in total. The van der Waals surface area contributed by atoms with Gasteiger partial charge in [0.05, 0.1) is 20.3 Å². The van der Waals surface area contributed by atoms with E-state index in [9.17, 15) is 4.79 Å². The summed E-state index contributed by atoms with van der Waals surface area (Å²) in [5, 5.41) is 6.39. The number of nitrogens with one attached hydrogen (secondary N) is 2. The SMILES string of the molecule is CCOc1ccccc1CNC(=NC)NCc1cc(C(=O)OC)c(C)o1. The van der Waals surface area contributed by atoms with Gasteiger partial charge in [-0.15, -0.1) is 0 Å². The number of methoxy groups -OCH3 is 1. The van der Waals surface area contributed by atoms with Crippen molar-refractivity contribution in [3.05, 3.63) is 53.0 Å². The van der Waals surface area contributed by atoms with Crippen LogP contribution in [-0.2, 0) is 17.8 Å². The summed E-state index contributed by atoms with van der Waals surface area (Å²) in [5.74, 6) is 2.21. The van der Waals surface area contributed by atoms with Crippen molar-refractivity contribution in [1.29, 1.82) is 0 Å². The Morgan fingerprint density at radius 2 is 1.96 bits per heavy atom. The predicted molar refractivity (Wildman–Crippen MR) is 99.4 cm³/mol. The molecule has 1 aromatic carbocycles. The monoisotopic (exact) mass is 359 g/mol. The van der Waals surface area contributed by atoms with Crippen molar-refractivity contribution in [2.45, 2.75) is 26.9 Å². The van der Waals surface area contributed by atoms with E-state index in [0.717, 1.165) is 11.3 Å². The quantitative estimate of drug-likeness (QED) is 0.449. The number of para-hydroxylation sites is 1. The van der Waals surface area contributed by atoms with Crippen LogP contribution in [0, 0.1) is 6.92 Å². The number of carbonyl (C=O) groups is 1. The molecule has 7 heteroatoms. The number of esters is 1. The van der Waals surface area contributed by atoms with Crippen LogP contribution in [0.15, 0.2) is 39.7 Å². The minimum absolute atomic E-state index is 0.393. The van der Waals surface area contributed by atoms with Crippen molar-refractivity contribution in [3.8, 4) is 5.75 Å². The summed E-state index contributed by atoms with van der Waals surface area (Å²) in [6.45, 7) is 5.27. The van der Waals surface area contributed by atoms with E-state index in [1.807, 2.05) is 31.2 Å². The van der Waals surface area contributed by atoms with Crippen molar-refractivity contribution in [2.75, 3.05) is 20.8 Å². The topological polar surface area (TPSA) is 85.1 Å². The van der Waals surface area contributed by atoms with E-state index < -0.39 is 5.97 Å². The first-order valence-corrected chi connectivity index (χ1v) is 8.41. The maximum absolute atomic E-state index is 11.6. The van der Waals surface area contributed by atoms with Gasteiger partial charge in [0, 0.05) is 19.2 Å². The highest BCUT2D eigenvalue weighted by Gasteiger charge is 2.15. The molecule has 2 rings (SSSR count). The van der Waals surface area contributed by atoms with Crippen LogP contribution in [0.2, 0.25) is 0 Å². The number of guanidine groups is 1. The first kappa shape index (κ1) is 19.4. The number of nitrogens with zero attached hydrogens (tertiary/aromatic N) is 1. The summed E-state index contributed by atoms with van der Waals surface area (Å²) < 4.78 is 15.9. The molecule has 0 amide bonds. The number of ether oxygens (including phenoxy) is 2. The highest BCUT2D eigenvalue weighted by Crippen LogP contribution is 2.18. The van der Waals surface area contributed by atoms with Gasteiger partial charge in [0.15, 0.2) is 5.96 Å². The maximum Gasteiger partial charge on any atom is 0.341 e. The zero-order valence-electron chi connectivity index (χ0n) is 15.6. The van der Waals surface area contributed by atoms with Crippen molar-refractivity contribution < 1.29 is 18.7 Å². The van der Waals surface area contributed by atoms with Gasteiger partial charge in [-0.3, -0.25) is 4.99 Å². The van der Waals surface area contributed by atoms with Gasteiger partial charge in [-0.05, 0) is 26.0 Å². The average molecular weight is 359 g/mol. The Morgan fingerprint density at radius 1 is 1.23 bits per heavy atom. The van der Waals surface area contributed by atoms with Crippen molar-refractivity contribution >= 4 is 11.9 Å². The van der Waals surface area contributed by atoms with Gasteiger partial charge in [0.25, 0.3) is 0 Å². The largest absolute Gasteiger partial charge is 0.494 e. The van der Waals surface area contributed by atoms with Gasteiger partial charge in [0.2, 0.25) is 0 Å². The van der Waals surface area contributed by atoms with Crippen LogP contribution in [0.1, 0.15) is 34.4 Å². The summed E-state index contributed by atoms with van der Waals surface area (Å²) in [6.07, 6.45) is 0. The standard InChI is InChI=1S/C19H25N3O4/c1-5-25-17-9-7-6-8-14(17)11-21-19(20-3)22-12-15-10-16(13(2)26-15)18(23)24-4/h6-10H,5,11-12H2,1-4H3,(H2,20,21,22). The highest BCUT2D eigenvalue weighted by molar-refractivity contribution is 5.90. The molecule has 1 aromatic heterocycles. The molecule has 0 radical (unpaired) electrons. The number of hydrogen-bond donors (Lipinski definition) is 2. The Morgan fingerprint density at radius 3 is 2.65 bits per heavy atom. The van der Waals surface area contributed by atoms with E-state index in [2.05, 4.69) is 15.6 Å². The fourth-order valence-corrected chi connectivity index (χ4v) is 2.46. The number of aliphatic imine (C=N–C) groups is 1. The van der Waals surface area contributed by atoms with E-state index in [4.69, 9.17) is 13.9 Å². The highest BCUT2D eigenvalue weighted by atomic mass is 16.5. The molecule has 0 aliphatic heterocycles. The minimum atomic E-state index is -0.410. The third kappa shape index (κ3) is 5.02. The smallest absolute Gasteiger partial charge is 0.341 e. The Kier molecular flexibility index (Phi) is 7.08. The number of furan rings is 1. The number of carbonyl (C=O) groups excluding carboxylic acids is 1. The molecule has 0 atom stereocenters. The van der Waals surface area contributed by atoms with Gasteiger partial charge in [-0.1, -0.05) is 18.2 Å². The first-order chi connectivity index (χ1) is 12.6. The summed E-state index contributed by atoms with van der Waals surface area (Å²) in [6, 6.07) is 9.53. The van der Waals surface area contributed by atoms with Gasteiger partial charge in [-0.2, -0.15) is 0 Å². The molecule has 0 saturated heterocycles. The number of hydrogen-bond acceptors (Lipinski definition) is 5. The lowest BCUT2D eigenvalue weighted by Gasteiger charge is -2.13. The first-order valence-electron chi connectivity index (χ1n) is 8.41. The molecule has 26 heavy (non-hydrogen) atoms. The molecule has 0 spiro atoms. The molecule has 2 N–H and O–H groups in total. The molecule has 1 heterocycles. The number of rotatable bonds is 7. The molecular weight excluding hydrogens is 334 g/mol. The zero-order chi connectivity index (χ0) is 18.9. The Labute approximate surface area is 153 Å². The van der Waals surface area contributed by atoms with E-state index in [1.165, 1.54) is 7.11 Å². The molecule has 0 bridgehead atoms. The Bertz CT molecular complexity index is 768. The van der Waals surface area contributed by atoms with Crippen molar-refractivity contribution in [1.82, 2.24) is 10.6 Å². The summed E-state index contributed by atoms with van der Waals surface area (Å²) >= 11 is 0. The maximum atomic E-state index is 11.6. The lowest BCUT2D eigenvalue weighted by atomic mass is 10.2. The fourth-order valence-electron chi connectivity index (χ4n) is 2.46. The van der Waals surface area contributed by atoms with Gasteiger partial charge in [0.1, 0.15) is 22.8 Å². The van der Waals surface area contributed by atoms with Crippen molar-refractivity contribution in [3.63, 3.8) is 0 Å². The number of benzene rings is 1. The lowest BCUT2D eigenvalue weighted by molar-refractivity contribution is 0.0599. The van der Waals surface area contributed by atoms with Gasteiger partial charge in [-0.25, -0.2) is 4.79 Å².